The normalized spacial score (nSPS) is 15.8. The van der Waals surface area contributed by atoms with Gasteiger partial charge in [0.1, 0.15) is 11.8 Å². The minimum atomic E-state index is -0.732. The number of carbonyl (C=O) groups is 1. The number of hydroxylamine groups is 2. The monoisotopic (exact) mass is 353 g/mol. The van der Waals surface area contributed by atoms with Crippen LogP contribution < -0.4 is 10.6 Å². The van der Waals surface area contributed by atoms with Crippen LogP contribution in [0, 0.1) is 0 Å². The van der Waals surface area contributed by atoms with Crippen LogP contribution in [-0.4, -0.2) is 45.3 Å². The number of nitrogens with two attached hydrogens (primary N) is 1. The number of carbonyl (C=O) groups excluding carboxylic acids is 1. The van der Waals surface area contributed by atoms with Crippen molar-refractivity contribution < 1.29 is 14.4 Å². The van der Waals surface area contributed by atoms with Crippen molar-refractivity contribution >= 4 is 17.1 Å². The van der Waals surface area contributed by atoms with Crippen LogP contribution in [0.2, 0.25) is 0 Å². The molecule has 3 aromatic rings. The Morgan fingerprint density at radius 1 is 1.12 bits per heavy atom. The lowest BCUT2D eigenvalue weighted by molar-refractivity contribution is -0.0975. The fourth-order valence-electron chi connectivity index (χ4n) is 3.01. The summed E-state index contributed by atoms with van der Waals surface area (Å²) in [4.78, 5) is 29.0. The Kier molecular flexibility index (Phi) is 4.40. The summed E-state index contributed by atoms with van der Waals surface area (Å²) in [5.74, 6) is 1.20. The molecule has 134 valence electrons. The molecular weight excluding hydrogens is 334 g/mol. The van der Waals surface area contributed by atoms with Gasteiger partial charge in [0.2, 0.25) is 5.88 Å². The minimum absolute atomic E-state index is 0.151. The number of hydrogen-bond donors (Lipinski definition) is 2. The van der Waals surface area contributed by atoms with Gasteiger partial charge < -0.3 is 20.3 Å². The molecule has 1 aromatic carbocycles. The second kappa shape index (κ2) is 7.01. The molecule has 8 heteroatoms. The summed E-state index contributed by atoms with van der Waals surface area (Å²) in [7, 11) is 0. The summed E-state index contributed by atoms with van der Waals surface area (Å²) in [5, 5.41) is 1.81. The Hall–Kier alpha value is -3.13. The van der Waals surface area contributed by atoms with Gasteiger partial charge in [0, 0.05) is 32.0 Å². The first-order valence-electron chi connectivity index (χ1n) is 8.48. The number of pyridine rings is 1. The number of para-hydroxylation sites is 2. The van der Waals surface area contributed by atoms with Crippen molar-refractivity contribution in [2.24, 2.45) is 5.73 Å². The maximum Gasteiger partial charge on any atom is 0.404 e. The van der Waals surface area contributed by atoms with E-state index in [0.29, 0.717) is 43.3 Å². The molecule has 1 saturated heterocycles. The van der Waals surface area contributed by atoms with E-state index in [2.05, 4.69) is 15.0 Å². The van der Waals surface area contributed by atoms with Crippen LogP contribution in [0.1, 0.15) is 12.8 Å². The first kappa shape index (κ1) is 16.3. The standard InChI is InChI=1S/C18H19N5O3/c19-18(24)25-12-8-10-23(11-9-12)26-16-7-3-6-15(20-16)17-21-13-4-1-2-5-14(13)22-17/h1-7,12H,8-11H2,(H2,19,24)(H,21,22). The number of rotatable bonds is 4. The predicted octanol–water partition coefficient (Wildman–Crippen LogP) is 2.48. The Labute approximate surface area is 149 Å². The van der Waals surface area contributed by atoms with E-state index in [1.165, 1.54) is 0 Å². The SMILES string of the molecule is NC(=O)OC1CCN(Oc2cccc(-c3nc4ccccc4[nH]3)n2)CC1. The molecule has 0 atom stereocenters. The van der Waals surface area contributed by atoms with Gasteiger partial charge in [-0.15, -0.1) is 5.06 Å². The number of aromatic amines is 1. The first-order chi connectivity index (χ1) is 12.7. The van der Waals surface area contributed by atoms with E-state index in [0.717, 1.165) is 11.0 Å². The van der Waals surface area contributed by atoms with E-state index < -0.39 is 6.09 Å². The number of benzene rings is 1. The molecule has 0 aliphatic carbocycles. The highest BCUT2D eigenvalue weighted by molar-refractivity contribution is 5.78. The number of imidazole rings is 1. The maximum absolute atomic E-state index is 10.8. The highest BCUT2D eigenvalue weighted by Gasteiger charge is 2.23. The van der Waals surface area contributed by atoms with Crippen LogP contribution in [0.3, 0.4) is 0 Å². The molecule has 8 nitrogen and oxygen atoms in total. The number of aromatic nitrogens is 3. The number of H-pyrrole nitrogens is 1. The summed E-state index contributed by atoms with van der Waals surface area (Å²) in [6, 6.07) is 13.4. The number of hydrogen-bond acceptors (Lipinski definition) is 6. The number of piperidine rings is 1. The minimum Gasteiger partial charge on any atom is -0.446 e. The summed E-state index contributed by atoms with van der Waals surface area (Å²) < 4.78 is 5.02. The third-order valence-corrected chi connectivity index (χ3v) is 4.26. The summed E-state index contributed by atoms with van der Waals surface area (Å²) in [6.45, 7) is 1.27. The zero-order valence-corrected chi connectivity index (χ0v) is 14.1. The van der Waals surface area contributed by atoms with E-state index in [9.17, 15) is 4.79 Å². The van der Waals surface area contributed by atoms with Crippen molar-refractivity contribution in [3.8, 4) is 17.4 Å². The van der Waals surface area contributed by atoms with E-state index in [1.807, 2.05) is 41.5 Å². The van der Waals surface area contributed by atoms with Crippen LogP contribution in [0.15, 0.2) is 42.5 Å². The zero-order valence-electron chi connectivity index (χ0n) is 14.1. The van der Waals surface area contributed by atoms with Gasteiger partial charge in [0.15, 0.2) is 5.82 Å². The van der Waals surface area contributed by atoms with Gasteiger partial charge in [0.25, 0.3) is 0 Å². The van der Waals surface area contributed by atoms with Crippen LogP contribution in [-0.2, 0) is 4.74 Å². The molecular formula is C18H19N5O3. The second-order valence-electron chi connectivity index (χ2n) is 6.12. The van der Waals surface area contributed by atoms with Crippen molar-refractivity contribution in [3.63, 3.8) is 0 Å². The van der Waals surface area contributed by atoms with Gasteiger partial charge in [-0.05, 0) is 18.2 Å². The Balaban J connectivity index is 1.44. The molecule has 0 unspecified atom stereocenters. The van der Waals surface area contributed by atoms with Gasteiger partial charge in [-0.2, -0.15) is 0 Å². The van der Waals surface area contributed by atoms with Gasteiger partial charge in [-0.25, -0.2) is 14.8 Å². The molecule has 0 bridgehead atoms. The van der Waals surface area contributed by atoms with Gasteiger partial charge in [0.05, 0.1) is 11.0 Å². The van der Waals surface area contributed by atoms with Crippen molar-refractivity contribution in [1.29, 1.82) is 0 Å². The molecule has 1 fully saturated rings. The lowest BCUT2D eigenvalue weighted by atomic mass is 10.1. The number of nitrogens with zero attached hydrogens (tertiary/aromatic N) is 3. The van der Waals surface area contributed by atoms with E-state index in [4.69, 9.17) is 15.3 Å². The number of ether oxygens (including phenoxy) is 1. The number of fused-ring (bicyclic) bond motifs is 1. The molecule has 4 rings (SSSR count). The van der Waals surface area contributed by atoms with Gasteiger partial charge >= 0.3 is 6.09 Å². The molecule has 3 heterocycles. The molecule has 26 heavy (non-hydrogen) atoms. The van der Waals surface area contributed by atoms with Gasteiger partial charge in [-0.3, -0.25) is 0 Å². The molecule has 1 aliphatic heterocycles. The summed E-state index contributed by atoms with van der Waals surface area (Å²) >= 11 is 0. The molecule has 0 radical (unpaired) electrons. The molecule has 2 aromatic heterocycles. The van der Waals surface area contributed by atoms with Crippen LogP contribution in [0.5, 0.6) is 5.88 Å². The Morgan fingerprint density at radius 3 is 2.69 bits per heavy atom. The van der Waals surface area contributed by atoms with Crippen molar-refractivity contribution in [2.45, 2.75) is 18.9 Å². The summed E-state index contributed by atoms with van der Waals surface area (Å²) in [5.41, 5.74) is 7.63. The lowest BCUT2D eigenvalue weighted by Gasteiger charge is -2.30. The second-order valence-corrected chi connectivity index (χ2v) is 6.12. The average molecular weight is 353 g/mol. The maximum atomic E-state index is 10.8. The van der Waals surface area contributed by atoms with E-state index in [-0.39, 0.29) is 6.10 Å². The van der Waals surface area contributed by atoms with E-state index >= 15 is 0 Å². The molecule has 1 amide bonds. The largest absolute Gasteiger partial charge is 0.446 e. The molecule has 0 saturated carbocycles. The van der Waals surface area contributed by atoms with Crippen LogP contribution in [0.4, 0.5) is 4.79 Å². The molecule has 0 spiro atoms. The highest BCUT2D eigenvalue weighted by Crippen LogP contribution is 2.22. The number of primary amides is 1. The van der Waals surface area contributed by atoms with Crippen molar-refractivity contribution in [2.75, 3.05) is 13.1 Å². The molecule has 3 N–H and O–H groups in total. The Morgan fingerprint density at radius 2 is 1.92 bits per heavy atom. The third kappa shape index (κ3) is 3.60. The average Bonchev–Trinajstić information content (AvgIpc) is 3.07. The summed E-state index contributed by atoms with van der Waals surface area (Å²) in [6.07, 6.45) is 0.463. The van der Waals surface area contributed by atoms with Gasteiger partial charge in [-0.1, -0.05) is 18.2 Å². The highest BCUT2D eigenvalue weighted by atomic mass is 16.7. The predicted molar refractivity (Wildman–Crippen MR) is 95.2 cm³/mol. The quantitative estimate of drug-likeness (QED) is 0.746. The van der Waals surface area contributed by atoms with Crippen LogP contribution >= 0.6 is 0 Å². The fraction of sp³-hybridized carbons (Fsp3) is 0.278. The number of amides is 1. The lowest BCUT2D eigenvalue weighted by Crippen LogP contribution is -2.40. The topological polar surface area (TPSA) is 106 Å². The smallest absolute Gasteiger partial charge is 0.404 e. The zero-order chi connectivity index (χ0) is 17.9. The fourth-order valence-corrected chi connectivity index (χ4v) is 3.01. The van der Waals surface area contributed by atoms with Crippen molar-refractivity contribution in [1.82, 2.24) is 20.0 Å². The van der Waals surface area contributed by atoms with E-state index in [1.54, 1.807) is 6.07 Å². The third-order valence-electron chi connectivity index (χ3n) is 4.26. The van der Waals surface area contributed by atoms with Crippen molar-refractivity contribution in [3.05, 3.63) is 42.5 Å². The number of nitrogens with one attached hydrogen (secondary N) is 1. The molecule has 1 aliphatic rings. The first-order valence-corrected chi connectivity index (χ1v) is 8.48. The van der Waals surface area contributed by atoms with Crippen LogP contribution in [0.25, 0.3) is 22.6 Å². The Bertz CT molecular complexity index is 885.